The fourth-order valence-electron chi connectivity index (χ4n) is 1.79. The fraction of sp³-hybridized carbons (Fsp3) is 0.400. The van der Waals surface area contributed by atoms with Crippen LogP contribution in [0.25, 0.3) is 0 Å². The first-order valence-corrected chi connectivity index (χ1v) is 7.97. The van der Waals surface area contributed by atoms with Crippen molar-refractivity contribution in [1.82, 2.24) is 0 Å². The van der Waals surface area contributed by atoms with Gasteiger partial charge in [0.25, 0.3) is 0 Å². The molecule has 21 heavy (non-hydrogen) atoms. The lowest BCUT2D eigenvalue weighted by atomic mass is 10.1. The number of hydrazone groups is 1. The van der Waals surface area contributed by atoms with Gasteiger partial charge in [0, 0.05) is 12.0 Å². The van der Waals surface area contributed by atoms with Crippen molar-refractivity contribution in [3.05, 3.63) is 23.0 Å². The topological polar surface area (TPSA) is 24.8 Å². The largest absolute Gasteiger partial charge is 0.478 e. The summed E-state index contributed by atoms with van der Waals surface area (Å²) in [7, 11) is 0. The van der Waals surface area contributed by atoms with E-state index in [0.717, 1.165) is 11.5 Å². The Kier molecular flexibility index (Phi) is 5.38. The predicted octanol–water partition coefficient (Wildman–Crippen LogP) is 4.36. The van der Waals surface area contributed by atoms with Gasteiger partial charge in [0.1, 0.15) is 6.61 Å². The first-order chi connectivity index (χ1) is 10.1. The number of anilines is 1. The van der Waals surface area contributed by atoms with E-state index in [1.165, 1.54) is 6.07 Å². The highest BCUT2D eigenvalue weighted by Gasteiger charge is 2.23. The van der Waals surface area contributed by atoms with Crippen molar-refractivity contribution in [2.24, 2.45) is 11.0 Å². The normalized spacial score (nSPS) is 15.6. The first kappa shape index (κ1) is 16.0. The second kappa shape index (κ2) is 7.06. The van der Waals surface area contributed by atoms with E-state index in [0.29, 0.717) is 22.5 Å². The van der Waals surface area contributed by atoms with Gasteiger partial charge in [-0.1, -0.05) is 43.1 Å². The third-order valence-corrected chi connectivity index (χ3v) is 4.63. The van der Waals surface area contributed by atoms with E-state index in [1.807, 2.05) is 0 Å². The number of rotatable bonds is 5. The first-order valence-electron chi connectivity index (χ1n) is 6.61. The number of benzene rings is 1. The minimum absolute atomic E-state index is 0.00806. The monoisotopic (exact) mass is 326 g/mol. The highest BCUT2D eigenvalue weighted by atomic mass is 35.5. The zero-order valence-corrected chi connectivity index (χ0v) is 13.5. The number of terminal acetylenes is 1. The van der Waals surface area contributed by atoms with E-state index < -0.39 is 5.82 Å². The molecule has 1 unspecified atom stereocenters. The number of ether oxygens (including phenoxy) is 1. The van der Waals surface area contributed by atoms with Crippen LogP contribution < -0.4 is 9.75 Å². The van der Waals surface area contributed by atoms with Gasteiger partial charge in [-0.2, -0.15) is 5.10 Å². The van der Waals surface area contributed by atoms with Gasteiger partial charge in [-0.15, -0.1) is 6.42 Å². The number of halogens is 2. The standard InChI is InChI=1S/C15H16ClFN2OS/c1-4-6-20-14-8-13(11(16)7-12(14)17)19-9-21-15(18-19)10(3)5-2/h1,7-8,10H,5-6,9H2,2-3H3. The molecule has 0 aliphatic carbocycles. The van der Waals surface area contributed by atoms with Crippen LogP contribution in [-0.2, 0) is 0 Å². The molecule has 2 rings (SSSR count). The molecule has 0 aromatic heterocycles. The van der Waals surface area contributed by atoms with Gasteiger partial charge in [0.05, 0.1) is 21.6 Å². The van der Waals surface area contributed by atoms with E-state index in [9.17, 15) is 4.39 Å². The Morgan fingerprint density at radius 3 is 3.05 bits per heavy atom. The van der Waals surface area contributed by atoms with E-state index in [2.05, 4.69) is 24.9 Å². The Morgan fingerprint density at radius 2 is 2.38 bits per heavy atom. The second-order valence-corrected chi connectivity index (χ2v) is 6.02. The number of hydrogen-bond donors (Lipinski definition) is 0. The van der Waals surface area contributed by atoms with Crippen LogP contribution in [0.4, 0.5) is 10.1 Å². The molecular formula is C15H16ClFN2OS. The van der Waals surface area contributed by atoms with Crippen molar-refractivity contribution in [3.8, 4) is 18.1 Å². The van der Waals surface area contributed by atoms with Crippen LogP contribution >= 0.6 is 23.4 Å². The Hall–Kier alpha value is -1.38. The lowest BCUT2D eigenvalue weighted by molar-refractivity contribution is 0.348. The maximum atomic E-state index is 13.8. The molecular weight excluding hydrogens is 311 g/mol. The number of hydrogen-bond acceptors (Lipinski definition) is 4. The summed E-state index contributed by atoms with van der Waals surface area (Å²) in [5, 5.41) is 7.67. The predicted molar refractivity (Wildman–Crippen MR) is 87.6 cm³/mol. The van der Waals surface area contributed by atoms with Crippen molar-refractivity contribution in [2.75, 3.05) is 17.5 Å². The molecule has 1 aromatic carbocycles. The maximum absolute atomic E-state index is 13.8. The summed E-state index contributed by atoms with van der Waals surface area (Å²) in [6.45, 7) is 4.25. The Morgan fingerprint density at radius 1 is 1.62 bits per heavy atom. The van der Waals surface area contributed by atoms with Crippen LogP contribution in [0.1, 0.15) is 20.3 Å². The molecule has 0 spiro atoms. The summed E-state index contributed by atoms with van der Waals surface area (Å²) in [5.41, 5.74) is 0.621. The van der Waals surface area contributed by atoms with Crippen LogP contribution in [0.5, 0.6) is 5.75 Å². The van der Waals surface area contributed by atoms with Gasteiger partial charge in [0.2, 0.25) is 0 Å². The van der Waals surface area contributed by atoms with Crippen molar-refractivity contribution < 1.29 is 9.13 Å². The van der Waals surface area contributed by atoms with Crippen molar-refractivity contribution in [3.63, 3.8) is 0 Å². The molecule has 1 aromatic rings. The summed E-state index contributed by atoms with van der Waals surface area (Å²) in [6, 6.07) is 2.77. The Bertz CT molecular complexity index is 600. The summed E-state index contributed by atoms with van der Waals surface area (Å²) < 4.78 is 18.9. The maximum Gasteiger partial charge on any atom is 0.166 e. The average Bonchev–Trinajstić information content (AvgIpc) is 2.95. The lowest BCUT2D eigenvalue weighted by Crippen LogP contribution is -2.12. The quantitative estimate of drug-likeness (QED) is 0.751. The molecule has 0 radical (unpaired) electrons. The van der Waals surface area contributed by atoms with Crippen LogP contribution in [0.15, 0.2) is 17.2 Å². The molecule has 112 valence electrons. The van der Waals surface area contributed by atoms with Gasteiger partial charge in [-0.25, -0.2) is 4.39 Å². The van der Waals surface area contributed by atoms with Crippen molar-refractivity contribution in [2.45, 2.75) is 20.3 Å². The highest BCUT2D eigenvalue weighted by molar-refractivity contribution is 8.14. The summed E-state index contributed by atoms with van der Waals surface area (Å²) in [5.74, 6) is 2.92. The van der Waals surface area contributed by atoms with Crippen LogP contribution in [-0.4, -0.2) is 17.5 Å². The smallest absolute Gasteiger partial charge is 0.166 e. The molecule has 6 heteroatoms. The minimum Gasteiger partial charge on any atom is -0.478 e. The van der Waals surface area contributed by atoms with Crippen LogP contribution in [0.2, 0.25) is 5.02 Å². The molecule has 0 N–H and O–H groups in total. The fourth-order valence-corrected chi connectivity index (χ4v) is 3.10. The Labute approximate surface area is 133 Å². The summed E-state index contributed by atoms with van der Waals surface area (Å²) >= 11 is 7.79. The molecule has 1 aliphatic rings. The number of nitrogens with zero attached hydrogens (tertiary/aromatic N) is 2. The molecule has 0 fully saturated rings. The highest BCUT2D eigenvalue weighted by Crippen LogP contribution is 2.37. The SMILES string of the molecule is C#CCOc1cc(N2CSC(C(C)CC)=N2)c(Cl)cc1F. The lowest BCUT2D eigenvalue weighted by Gasteiger charge is -2.16. The molecule has 0 saturated heterocycles. The third-order valence-electron chi connectivity index (χ3n) is 3.18. The minimum atomic E-state index is -0.531. The zero-order valence-electron chi connectivity index (χ0n) is 11.9. The second-order valence-electron chi connectivity index (χ2n) is 4.65. The van der Waals surface area contributed by atoms with E-state index in [-0.39, 0.29) is 12.4 Å². The van der Waals surface area contributed by atoms with Gasteiger partial charge < -0.3 is 4.74 Å². The third kappa shape index (κ3) is 3.63. The van der Waals surface area contributed by atoms with Gasteiger partial charge in [-0.05, 0) is 12.5 Å². The van der Waals surface area contributed by atoms with Crippen LogP contribution in [0.3, 0.4) is 0 Å². The van der Waals surface area contributed by atoms with E-state index in [4.69, 9.17) is 22.8 Å². The summed E-state index contributed by atoms with van der Waals surface area (Å²) in [6.07, 6.45) is 6.15. The molecule has 0 amide bonds. The average molecular weight is 327 g/mol. The molecule has 1 aliphatic heterocycles. The van der Waals surface area contributed by atoms with E-state index >= 15 is 0 Å². The molecule has 0 bridgehead atoms. The molecule has 0 saturated carbocycles. The van der Waals surface area contributed by atoms with Gasteiger partial charge >= 0.3 is 0 Å². The van der Waals surface area contributed by atoms with Crippen molar-refractivity contribution >= 4 is 34.1 Å². The van der Waals surface area contributed by atoms with E-state index in [1.54, 1.807) is 22.8 Å². The Balaban J connectivity index is 2.28. The number of thioether (sulfide) groups is 1. The van der Waals surface area contributed by atoms with Gasteiger partial charge in [-0.3, -0.25) is 5.01 Å². The zero-order chi connectivity index (χ0) is 15.4. The molecule has 1 atom stereocenters. The van der Waals surface area contributed by atoms with Gasteiger partial charge in [0.15, 0.2) is 11.6 Å². The van der Waals surface area contributed by atoms with Crippen LogP contribution in [0, 0.1) is 24.1 Å². The molecule has 3 nitrogen and oxygen atoms in total. The molecule has 1 heterocycles. The summed E-state index contributed by atoms with van der Waals surface area (Å²) in [4.78, 5) is 0. The van der Waals surface area contributed by atoms with Crippen molar-refractivity contribution in [1.29, 1.82) is 0 Å².